The highest BCUT2D eigenvalue weighted by Gasteiger charge is 2.13. The Morgan fingerprint density at radius 2 is 2.17 bits per heavy atom. The molecule has 3 N–H and O–H groups in total. The van der Waals surface area contributed by atoms with Gasteiger partial charge in [-0.05, 0) is 5.56 Å². The molecule has 2 rings (SSSR count). The lowest BCUT2D eigenvalue weighted by atomic mass is 10.2. The van der Waals surface area contributed by atoms with Gasteiger partial charge in [0.2, 0.25) is 0 Å². The Labute approximate surface area is 132 Å². The quantitative estimate of drug-likeness (QED) is 0.681. The van der Waals surface area contributed by atoms with Crippen LogP contribution in [0.4, 0.5) is 5.82 Å². The first-order valence-corrected chi connectivity index (χ1v) is 6.93. The predicted molar refractivity (Wildman–Crippen MR) is 81.7 cm³/mol. The van der Waals surface area contributed by atoms with Gasteiger partial charge in [0.1, 0.15) is 11.6 Å². The summed E-state index contributed by atoms with van der Waals surface area (Å²) in [4.78, 5) is 31.0. The number of carbonyl (C=O) groups is 2. The van der Waals surface area contributed by atoms with Gasteiger partial charge in [0.25, 0.3) is 5.91 Å². The summed E-state index contributed by atoms with van der Waals surface area (Å²) in [5, 5.41) is 7.00. The molecule has 23 heavy (non-hydrogen) atoms. The first-order chi connectivity index (χ1) is 11.0. The summed E-state index contributed by atoms with van der Waals surface area (Å²) in [5.74, 6) is -0.180. The van der Waals surface area contributed by atoms with Crippen LogP contribution < -0.4 is 11.1 Å². The number of ether oxygens (including phenoxy) is 1. The molecular formula is C14H18N6O3. The Morgan fingerprint density at radius 1 is 1.39 bits per heavy atom. The number of hydrogen-bond donors (Lipinski definition) is 2. The molecule has 0 radical (unpaired) electrons. The minimum atomic E-state index is -0.640. The highest BCUT2D eigenvalue weighted by atomic mass is 16.5. The molecular weight excluding hydrogens is 300 g/mol. The summed E-state index contributed by atoms with van der Waals surface area (Å²) >= 11 is 0. The molecule has 0 atom stereocenters. The maximum absolute atomic E-state index is 11.4. The third-order valence-electron chi connectivity index (χ3n) is 3.07. The smallest absolute Gasteiger partial charge is 0.307 e. The van der Waals surface area contributed by atoms with E-state index in [9.17, 15) is 9.59 Å². The number of aromatic nitrogens is 4. The lowest BCUT2D eigenvalue weighted by Crippen LogP contribution is -2.19. The largest absolute Gasteiger partial charge is 0.469 e. The van der Waals surface area contributed by atoms with E-state index in [2.05, 4.69) is 25.1 Å². The molecule has 1 amide bonds. The lowest BCUT2D eigenvalue weighted by Gasteiger charge is -2.09. The SMILES string of the molecule is COC(=O)CCNc1nc(Cc2cnn(C)c2)ncc1C(N)=O. The van der Waals surface area contributed by atoms with Crippen LogP contribution in [0.1, 0.15) is 28.2 Å². The van der Waals surface area contributed by atoms with Crippen molar-refractivity contribution in [3.8, 4) is 0 Å². The zero-order valence-corrected chi connectivity index (χ0v) is 12.9. The van der Waals surface area contributed by atoms with Crippen molar-refractivity contribution < 1.29 is 14.3 Å². The second-order valence-electron chi connectivity index (χ2n) is 4.86. The molecule has 0 saturated heterocycles. The molecule has 0 aromatic carbocycles. The van der Waals surface area contributed by atoms with Crippen molar-refractivity contribution in [3.63, 3.8) is 0 Å². The number of nitrogens with one attached hydrogen (secondary N) is 1. The monoisotopic (exact) mass is 318 g/mol. The molecule has 0 aliphatic rings. The molecule has 0 fully saturated rings. The number of hydrogen-bond acceptors (Lipinski definition) is 7. The fourth-order valence-electron chi connectivity index (χ4n) is 1.95. The van der Waals surface area contributed by atoms with E-state index in [4.69, 9.17) is 5.73 Å². The lowest BCUT2D eigenvalue weighted by molar-refractivity contribution is -0.140. The van der Waals surface area contributed by atoms with Gasteiger partial charge in [-0.1, -0.05) is 0 Å². The number of anilines is 1. The molecule has 0 bridgehead atoms. The third kappa shape index (κ3) is 4.50. The molecule has 2 heterocycles. The van der Waals surface area contributed by atoms with Gasteiger partial charge in [-0.15, -0.1) is 0 Å². The first kappa shape index (κ1) is 16.4. The van der Waals surface area contributed by atoms with Gasteiger partial charge in [-0.25, -0.2) is 9.97 Å². The summed E-state index contributed by atoms with van der Waals surface area (Å²) in [6.45, 7) is 0.274. The van der Waals surface area contributed by atoms with Crippen LogP contribution in [0.15, 0.2) is 18.6 Å². The number of amides is 1. The van der Waals surface area contributed by atoms with Crippen LogP contribution in [0.25, 0.3) is 0 Å². The number of esters is 1. The van der Waals surface area contributed by atoms with E-state index in [1.807, 2.05) is 13.2 Å². The zero-order valence-electron chi connectivity index (χ0n) is 12.9. The van der Waals surface area contributed by atoms with Crippen LogP contribution in [-0.4, -0.2) is 45.3 Å². The van der Waals surface area contributed by atoms with E-state index in [-0.39, 0.29) is 24.5 Å². The van der Waals surface area contributed by atoms with Crippen LogP contribution in [0.3, 0.4) is 0 Å². The van der Waals surface area contributed by atoms with Gasteiger partial charge in [0, 0.05) is 32.4 Å². The maximum atomic E-state index is 11.4. The van der Waals surface area contributed by atoms with Gasteiger partial charge in [-0.3, -0.25) is 14.3 Å². The molecule has 0 aliphatic heterocycles. The Balaban J connectivity index is 2.14. The molecule has 2 aromatic heterocycles. The van der Waals surface area contributed by atoms with Gasteiger partial charge in [0.15, 0.2) is 0 Å². The summed E-state index contributed by atoms with van der Waals surface area (Å²) in [6.07, 6.45) is 5.57. The number of rotatable bonds is 7. The Hall–Kier alpha value is -2.97. The average Bonchev–Trinajstić information content (AvgIpc) is 2.92. The van der Waals surface area contributed by atoms with E-state index in [0.717, 1.165) is 5.56 Å². The summed E-state index contributed by atoms with van der Waals surface area (Å²) in [6, 6.07) is 0. The maximum Gasteiger partial charge on any atom is 0.307 e. The van der Waals surface area contributed by atoms with Crippen molar-refractivity contribution in [2.24, 2.45) is 12.8 Å². The van der Waals surface area contributed by atoms with Crippen LogP contribution in [0.2, 0.25) is 0 Å². The number of aryl methyl sites for hydroxylation is 1. The van der Waals surface area contributed by atoms with Crippen molar-refractivity contribution in [1.82, 2.24) is 19.7 Å². The minimum absolute atomic E-state index is 0.149. The van der Waals surface area contributed by atoms with Gasteiger partial charge in [-0.2, -0.15) is 5.10 Å². The summed E-state index contributed by atoms with van der Waals surface area (Å²) in [7, 11) is 3.13. The van der Waals surface area contributed by atoms with E-state index in [1.165, 1.54) is 13.3 Å². The van der Waals surface area contributed by atoms with Crippen LogP contribution in [-0.2, 0) is 23.0 Å². The Bertz CT molecular complexity index is 712. The number of nitrogens with two attached hydrogens (primary N) is 1. The predicted octanol–water partition coefficient (Wildman–Crippen LogP) is -0.125. The van der Waals surface area contributed by atoms with Crippen LogP contribution in [0, 0.1) is 0 Å². The highest BCUT2D eigenvalue weighted by Crippen LogP contribution is 2.13. The van der Waals surface area contributed by atoms with Crippen molar-refractivity contribution in [1.29, 1.82) is 0 Å². The van der Waals surface area contributed by atoms with Crippen molar-refractivity contribution >= 4 is 17.7 Å². The van der Waals surface area contributed by atoms with Gasteiger partial charge >= 0.3 is 5.97 Å². The van der Waals surface area contributed by atoms with Crippen LogP contribution >= 0.6 is 0 Å². The summed E-state index contributed by atoms with van der Waals surface area (Å²) in [5.41, 5.74) is 6.43. The minimum Gasteiger partial charge on any atom is -0.469 e. The number of methoxy groups -OCH3 is 1. The van der Waals surface area contributed by atoms with E-state index in [1.54, 1.807) is 10.9 Å². The molecule has 0 aliphatic carbocycles. The Morgan fingerprint density at radius 3 is 2.78 bits per heavy atom. The standard InChI is InChI=1S/C14H18N6O3/c1-20-8-9(6-18-20)5-11-17-7-10(13(15)22)14(19-11)16-4-3-12(21)23-2/h6-8H,3-5H2,1-2H3,(H2,15,22)(H,16,17,19). The third-order valence-corrected chi connectivity index (χ3v) is 3.07. The van der Waals surface area contributed by atoms with Gasteiger partial charge < -0.3 is 15.8 Å². The molecule has 122 valence electrons. The van der Waals surface area contributed by atoms with Crippen molar-refractivity contribution in [3.05, 3.63) is 35.5 Å². The fraction of sp³-hybridized carbons (Fsp3) is 0.357. The number of carbonyl (C=O) groups excluding carboxylic acids is 2. The van der Waals surface area contributed by atoms with E-state index in [0.29, 0.717) is 18.1 Å². The molecule has 0 spiro atoms. The Kier molecular flexibility index (Phi) is 5.23. The number of nitrogens with zero attached hydrogens (tertiary/aromatic N) is 4. The molecule has 2 aromatic rings. The van der Waals surface area contributed by atoms with Gasteiger partial charge in [0.05, 0.1) is 25.3 Å². The van der Waals surface area contributed by atoms with E-state index < -0.39 is 5.91 Å². The normalized spacial score (nSPS) is 10.3. The van der Waals surface area contributed by atoms with Crippen LogP contribution in [0.5, 0.6) is 0 Å². The average molecular weight is 318 g/mol. The molecule has 9 heteroatoms. The molecule has 0 saturated carbocycles. The topological polar surface area (TPSA) is 125 Å². The number of primary amides is 1. The first-order valence-electron chi connectivity index (χ1n) is 6.93. The summed E-state index contributed by atoms with van der Waals surface area (Å²) < 4.78 is 6.24. The fourth-order valence-corrected chi connectivity index (χ4v) is 1.95. The zero-order chi connectivity index (χ0) is 16.8. The van der Waals surface area contributed by atoms with E-state index >= 15 is 0 Å². The molecule has 0 unspecified atom stereocenters. The second-order valence-corrected chi connectivity index (χ2v) is 4.86. The van der Waals surface area contributed by atoms with Crippen molar-refractivity contribution in [2.75, 3.05) is 19.0 Å². The highest BCUT2D eigenvalue weighted by molar-refractivity contribution is 5.97. The molecule has 9 nitrogen and oxygen atoms in total. The van der Waals surface area contributed by atoms with Crippen molar-refractivity contribution in [2.45, 2.75) is 12.8 Å². The second kappa shape index (κ2) is 7.34.